The first-order valence-corrected chi connectivity index (χ1v) is 12.6. The molecule has 0 atom stereocenters. The summed E-state index contributed by atoms with van der Waals surface area (Å²) >= 11 is 0. The Morgan fingerprint density at radius 1 is 0.971 bits per heavy atom. The molecule has 3 aliphatic rings. The van der Waals surface area contributed by atoms with E-state index in [1.54, 1.807) is 18.2 Å². The Balaban J connectivity index is 1.26. The van der Waals surface area contributed by atoms with Crippen molar-refractivity contribution < 1.29 is 23.8 Å². The molecule has 2 aliphatic heterocycles. The first kappa shape index (κ1) is 24.8. The van der Waals surface area contributed by atoms with Gasteiger partial charge in [-0.15, -0.1) is 0 Å². The minimum Gasteiger partial charge on any atom is -0.486 e. The first-order chi connectivity index (χ1) is 16.6. The third-order valence-electron chi connectivity index (χ3n) is 7.09. The molecule has 0 radical (unpaired) electrons. The summed E-state index contributed by atoms with van der Waals surface area (Å²) in [6, 6.07) is 5.36. The molecule has 0 aromatic heterocycles. The van der Waals surface area contributed by atoms with Crippen molar-refractivity contribution in [2.24, 2.45) is 0 Å². The first-order valence-electron chi connectivity index (χ1n) is 12.6. The number of likely N-dealkylation sites (N-methyl/N-ethyl adjacent to an activating group) is 1. The monoisotopic (exact) mass is 474 g/mol. The number of fused-ring (bicyclic) bond motifs is 1. The summed E-state index contributed by atoms with van der Waals surface area (Å²) in [5.41, 5.74) is 0.684. The van der Waals surface area contributed by atoms with E-state index in [-0.39, 0.29) is 30.4 Å². The number of hydrogen-bond acceptors (Lipinski definition) is 7. The number of carbonyl (C=O) groups is 2. The fraction of sp³-hybridized carbons (Fsp3) is 0.680. The van der Waals surface area contributed by atoms with Gasteiger partial charge in [0.1, 0.15) is 13.2 Å². The topological polar surface area (TPSA) is 92.4 Å². The van der Waals surface area contributed by atoms with Gasteiger partial charge in [-0.1, -0.05) is 26.2 Å². The molecule has 0 unspecified atom stereocenters. The van der Waals surface area contributed by atoms with E-state index in [0.29, 0.717) is 43.5 Å². The molecular formula is C25H38N4O5. The van der Waals surface area contributed by atoms with Gasteiger partial charge in [-0.25, -0.2) is 0 Å². The van der Waals surface area contributed by atoms with Gasteiger partial charge in [0, 0.05) is 36.9 Å². The fourth-order valence-electron chi connectivity index (χ4n) is 5.18. The number of morpholine rings is 1. The van der Waals surface area contributed by atoms with Crippen LogP contribution < -0.4 is 20.1 Å². The molecule has 1 aromatic carbocycles. The summed E-state index contributed by atoms with van der Waals surface area (Å²) in [6.07, 6.45) is 5.90. The van der Waals surface area contributed by atoms with Crippen LogP contribution in [0.4, 0.5) is 5.69 Å². The van der Waals surface area contributed by atoms with Crippen LogP contribution in [0.25, 0.3) is 0 Å². The highest BCUT2D eigenvalue weighted by molar-refractivity contribution is 5.93. The molecule has 0 spiro atoms. The van der Waals surface area contributed by atoms with Crippen LogP contribution in [0.1, 0.15) is 39.0 Å². The third kappa shape index (κ3) is 6.40. The van der Waals surface area contributed by atoms with Crippen LogP contribution in [0.3, 0.4) is 0 Å². The zero-order valence-corrected chi connectivity index (χ0v) is 20.3. The predicted octanol–water partition coefficient (Wildman–Crippen LogP) is 1.87. The highest BCUT2D eigenvalue weighted by Crippen LogP contribution is 2.34. The van der Waals surface area contributed by atoms with Crippen molar-refractivity contribution >= 4 is 17.5 Å². The van der Waals surface area contributed by atoms with Gasteiger partial charge in [-0.3, -0.25) is 19.4 Å². The number of benzene rings is 1. The third-order valence-corrected chi connectivity index (χ3v) is 7.09. The number of ether oxygens (including phenoxy) is 3. The standard InChI is InChI=1S/C25H38N4O5/c1-2-28(18-24(31)27-20-6-7-21-22(16-20)34-15-14-33-21)17-23(30)26-19-25(8-4-3-5-9-25)29-10-12-32-13-11-29/h6-7,16H,2-5,8-15,17-19H2,1H3,(H,26,30)(H,27,31). The van der Waals surface area contributed by atoms with Crippen LogP contribution >= 0.6 is 0 Å². The number of rotatable bonds is 9. The molecule has 9 heteroatoms. The molecule has 4 rings (SSSR count). The van der Waals surface area contributed by atoms with Crippen LogP contribution in [0.5, 0.6) is 11.5 Å². The minimum atomic E-state index is -0.164. The lowest BCUT2D eigenvalue weighted by atomic mass is 9.79. The van der Waals surface area contributed by atoms with Gasteiger partial charge in [-0.05, 0) is 31.5 Å². The molecule has 2 N–H and O–H groups in total. The van der Waals surface area contributed by atoms with Crippen molar-refractivity contribution in [3.63, 3.8) is 0 Å². The fourth-order valence-corrected chi connectivity index (χ4v) is 5.18. The Morgan fingerprint density at radius 3 is 2.41 bits per heavy atom. The maximum atomic E-state index is 12.8. The summed E-state index contributed by atoms with van der Waals surface area (Å²) in [6.45, 7) is 7.97. The van der Waals surface area contributed by atoms with Crippen LogP contribution in [-0.4, -0.2) is 92.8 Å². The molecule has 1 aliphatic carbocycles. The summed E-state index contributed by atoms with van der Waals surface area (Å²) in [4.78, 5) is 29.8. The van der Waals surface area contributed by atoms with E-state index in [9.17, 15) is 9.59 Å². The lowest BCUT2D eigenvalue weighted by molar-refractivity contribution is -0.124. The van der Waals surface area contributed by atoms with Gasteiger partial charge in [0.15, 0.2) is 11.5 Å². The maximum absolute atomic E-state index is 12.8. The van der Waals surface area contributed by atoms with Gasteiger partial charge in [0.25, 0.3) is 0 Å². The second kappa shape index (κ2) is 11.9. The van der Waals surface area contributed by atoms with Crippen LogP contribution in [0, 0.1) is 0 Å². The van der Waals surface area contributed by atoms with E-state index >= 15 is 0 Å². The molecule has 2 heterocycles. The number of hydrogen-bond donors (Lipinski definition) is 2. The van der Waals surface area contributed by atoms with E-state index in [2.05, 4.69) is 15.5 Å². The molecule has 188 valence electrons. The summed E-state index contributed by atoms with van der Waals surface area (Å²) < 4.78 is 16.6. The summed E-state index contributed by atoms with van der Waals surface area (Å²) in [5, 5.41) is 6.08. The van der Waals surface area contributed by atoms with Gasteiger partial charge < -0.3 is 24.8 Å². The Kier molecular flexibility index (Phi) is 8.64. The number of amides is 2. The summed E-state index contributed by atoms with van der Waals surface area (Å²) in [7, 11) is 0. The number of nitrogens with one attached hydrogen (secondary N) is 2. The molecule has 2 amide bonds. The Bertz CT molecular complexity index is 837. The van der Waals surface area contributed by atoms with Crippen molar-refractivity contribution in [2.45, 2.75) is 44.6 Å². The Labute approximate surface area is 202 Å². The van der Waals surface area contributed by atoms with E-state index in [1.165, 1.54) is 19.3 Å². The average Bonchev–Trinajstić information content (AvgIpc) is 2.88. The highest BCUT2D eigenvalue weighted by atomic mass is 16.6. The van der Waals surface area contributed by atoms with E-state index in [0.717, 1.165) is 39.1 Å². The smallest absolute Gasteiger partial charge is 0.238 e. The maximum Gasteiger partial charge on any atom is 0.238 e. The van der Waals surface area contributed by atoms with Gasteiger partial charge in [0.05, 0.1) is 26.3 Å². The van der Waals surface area contributed by atoms with Crippen molar-refractivity contribution in [1.29, 1.82) is 0 Å². The predicted molar refractivity (Wildman–Crippen MR) is 129 cm³/mol. The molecular weight excluding hydrogens is 436 g/mol. The van der Waals surface area contributed by atoms with Crippen molar-refractivity contribution in [1.82, 2.24) is 15.1 Å². The number of nitrogens with zero attached hydrogens (tertiary/aromatic N) is 2. The molecule has 1 aromatic rings. The van der Waals surface area contributed by atoms with Gasteiger partial charge in [-0.2, -0.15) is 0 Å². The van der Waals surface area contributed by atoms with Crippen LogP contribution in [-0.2, 0) is 14.3 Å². The molecule has 34 heavy (non-hydrogen) atoms. The lowest BCUT2D eigenvalue weighted by Crippen LogP contribution is -2.60. The normalized spacial score (nSPS) is 20.1. The Morgan fingerprint density at radius 2 is 1.68 bits per heavy atom. The SMILES string of the molecule is CCN(CC(=O)NCC1(N2CCOCC2)CCCCC1)CC(=O)Nc1ccc2c(c1)OCCO2. The quantitative estimate of drug-likeness (QED) is 0.565. The van der Waals surface area contributed by atoms with Gasteiger partial charge in [0.2, 0.25) is 11.8 Å². The molecule has 1 saturated heterocycles. The largest absolute Gasteiger partial charge is 0.486 e. The summed E-state index contributed by atoms with van der Waals surface area (Å²) in [5.74, 6) is 1.12. The van der Waals surface area contributed by atoms with Crippen LogP contribution in [0.2, 0.25) is 0 Å². The van der Waals surface area contributed by atoms with Crippen LogP contribution in [0.15, 0.2) is 18.2 Å². The second-order valence-corrected chi connectivity index (χ2v) is 9.37. The number of carbonyl (C=O) groups excluding carboxylic acids is 2. The zero-order valence-electron chi connectivity index (χ0n) is 20.3. The van der Waals surface area contributed by atoms with E-state index in [1.807, 2.05) is 11.8 Å². The van der Waals surface area contributed by atoms with Gasteiger partial charge >= 0.3 is 0 Å². The van der Waals surface area contributed by atoms with Crippen molar-refractivity contribution in [3.8, 4) is 11.5 Å². The highest BCUT2D eigenvalue weighted by Gasteiger charge is 2.38. The van der Waals surface area contributed by atoms with Crippen molar-refractivity contribution in [3.05, 3.63) is 18.2 Å². The van der Waals surface area contributed by atoms with E-state index in [4.69, 9.17) is 14.2 Å². The second-order valence-electron chi connectivity index (χ2n) is 9.37. The molecule has 1 saturated carbocycles. The average molecular weight is 475 g/mol. The molecule has 2 fully saturated rings. The zero-order chi connectivity index (χ0) is 23.8. The minimum absolute atomic E-state index is 0.0321. The number of anilines is 1. The van der Waals surface area contributed by atoms with E-state index < -0.39 is 0 Å². The van der Waals surface area contributed by atoms with Crippen molar-refractivity contribution in [2.75, 3.05) is 71.0 Å². The Hall–Kier alpha value is -2.36. The lowest BCUT2D eigenvalue weighted by Gasteiger charge is -2.48. The molecule has 0 bridgehead atoms. The molecule has 9 nitrogen and oxygen atoms in total.